The summed E-state index contributed by atoms with van der Waals surface area (Å²) in [5.74, 6) is 1.42. The van der Waals surface area contributed by atoms with Crippen molar-refractivity contribution in [1.82, 2.24) is 16.0 Å². The van der Waals surface area contributed by atoms with Gasteiger partial charge in [0.2, 0.25) is 5.91 Å². The summed E-state index contributed by atoms with van der Waals surface area (Å²) in [7, 11) is 3.33. The predicted molar refractivity (Wildman–Crippen MR) is 114 cm³/mol. The average Bonchev–Trinajstić information content (AvgIpc) is 2.60. The normalized spacial score (nSPS) is 11.1. The number of halogens is 1. The first-order valence-electron chi connectivity index (χ1n) is 7.93. The molecule has 1 amide bonds. The summed E-state index contributed by atoms with van der Waals surface area (Å²) in [6.07, 6.45) is 1.71. The Balaban J connectivity index is 0.00000576. The van der Waals surface area contributed by atoms with Crippen LogP contribution in [0.1, 0.15) is 19.4 Å². The van der Waals surface area contributed by atoms with Gasteiger partial charge in [-0.2, -0.15) is 0 Å². The highest BCUT2D eigenvalue weighted by Gasteiger charge is 2.26. The van der Waals surface area contributed by atoms with E-state index in [1.54, 1.807) is 20.2 Å². The Labute approximate surface area is 167 Å². The smallest absolute Gasteiger partial charge is 0.227 e. The number of hydrogen-bond donors (Lipinski definition) is 3. The lowest BCUT2D eigenvalue weighted by atomic mass is 9.92. The molecule has 0 aliphatic rings. The Morgan fingerprint density at radius 3 is 2.60 bits per heavy atom. The fourth-order valence-corrected chi connectivity index (χ4v) is 2.06. The lowest BCUT2D eigenvalue weighted by Crippen LogP contribution is -2.47. The van der Waals surface area contributed by atoms with Crippen LogP contribution in [0, 0.1) is 5.41 Å². The number of carbonyl (C=O) groups excluding carboxylic acids is 1. The highest BCUT2D eigenvalue weighted by atomic mass is 127. The molecule has 0 aliphatic heterocycles. The fourth-order valence-electron chi connectivity index (χ4n) is 2.06. The van der Waals surface area contributed by atoms with Gasteiger partial charge in [0.15, 0.2) is 5.96 Å². The van der Waals surface area contributed by atoms with Gasteiger partial charge in [-0.1, -0.05) is 30.9 Å². The third-order valence-electron chi connectivity index (χ3n) is 3.54. The van der Waals surface area contributed by atoms with Crippen LogP contribution in [-0.2, 0) is 11.3 Å². The van der Waals surface area contributed by atoms with Gasteiger partial charge < -0.3 is 20.7 Å². The zero-order valence-electron chi connectivity index (χ0n) is 15.4. The number of hydrogen-bond acceptors (Lipinski definition) is 3. The van der Waals surface area contributed by atoms with Crippen LogP contribution in [0.25, 0.3) is 0 Å². The Bertz CT molecular complexity index is 588. The molecule has 1 rings (SSSR count). The van der Waals surface area contributed by atoms with Gasteiger partial charge >= 0.3 is 0 Å². The van der Waals surface area contributed by atoms with E-state index < -0.39 is 5.41 Å². The van der Waals surface area contributed by atoms with Crippen molar-refractivity contribution in [2.45, 2.75) is 20.4 Å². The van der Waals surface area contributed by atoms with Gasteiger partial charge in [-0.15, -0.1) is 24.0 Å². The Kier molecular flexibility index (Phi) is 10.9. The minimum Gasteiger partial charge on any atom is -0.489 e. The van der Waals surface area contributed by atoms with Crippen LogP contribution in [0.2, 0.25) is 0 Å². The van der Waals surface area contributed by atoms with Crippen LogP contribution in [-0.4, -0.2) is 39.1 Å². The molecule has 3 N–H and O–H groups in total. The second-order valence-electron chi connectivity index (χ2n) is 5.95. The first-order chi connectivity index (χ1) is 11.4. The third-order valence-corrected chi connectivity index (χ3v) is 3.54. The van der Waals surface area contributed by atoms with Gasteiger partial charge in [-0.3, -0.25) is 9.79 Å². The second kappa shape index (κ2) is 11.7. The molecule has 1 aromatic carbocycles. The molecule has 0 spiro atoms. The van der Waals surface area contributed by atoms with E-state index in [4.69, 9.17) is 4.74 Å². The zero-order chi connectivity index (χ0) is 18.0. The summed E-state index contributed by atoms with van der Waals surface area (Å²) < 4.78 is 5.64. The van der Waals surface area contributed by atoms with Crippen molar-refractivity contribution in [3.63, 3.8) is 0 Å². The molecule has 0 heterocycles. The van der Waals surface area contributed by atoms with E-state index in [1.165, 1.54) is 0 Å². The number of carbonyl (C=O) groups is 1. The summed E-state index contributed by atoms with van der Waals surface area (Å²) >= 11 is 0. The van der Waals surface area contributed by atoms with Crippen molar-refractivity contribution in [3.8, 4) is 5.75 Å². The molecule has 0 fully saturated rings. The maximum atomic E-state index is 11.8. The molecule has 7 heteroatoms. The molecule has 25 heavy (non-hydrogen) atoms. The number of benzene rings is 1. The van der Waals surface area contributed by atoms with Crippen LogP contribution in [0.5, 0.6) is 5.75 Å². The molecule has 0 unspecified atom stereocenters. The summed E-state index contributed by atoms with van der Waals surface area (Å²) in [6, 6.07) is 7.81. The van der Waals surface area contributed by atoms with Gasteiger partial charge in [-0.05, 0) is 19.9 Å². The molecule has 140 valence electrons. The number of guanidine groups is 1. The minimum absolute atomic E-state index is 0. The van der Waals surface area contributed by atoms with E-state index in [1.807, 2.05) is 38.1 Å². The van der Waals surface area contributed by atoms with E-state index in [0.717, 1.165) is 11.3 Å². The number of para-hydroxylation sites is 1. The van der Waals surface area contributed by atoms with Crippen LogP contribution in [0.3, 0.4) is 0 Å². The summed E-state index contributed by atoms with van der Waals surface area (Å²) in [5, 5.41) is 9.08. The maximum Gasteiger partial charge on any atom is 0.227 e. The molecule has 0 aromatic heterocycles. The van der Waals surface area contributed by atoms with Gasteiger partial charge in [0.1, 0.15) is 12.4 Å². The summed E-state index contributed by atoms with van der Waals surface area (Å²) in [4.78, 5) is 16.0. The fraction of sp³-hybridized carbons (Fsp3) is 0.444. The van der Waals surface area contributed by atoms with Crippen LogP contribution >= 0.6 is 24.0 Å². The highest BCUT2D eigenvalue weighted by molar-refractivity contribution is 14.0. The first kappa shape index (κ1) is 23.2. The quantitative estimate of drug-likeness (QED) is 0.241. The second-order valence-corrected chi connectivity index (χ2v) is 5.95. The summed E-state index contributed by atoms with van der Waals surface area (Å²) in [5.41, 5.74) is 0.491. The minimum atomic E-state index is -0.530. The lowest BCUT2D eigenvalue weighted by Gasteiger charge is -2.24. The molecular formula is C18H29IN4O2. The first-order valence-corrected chi connectivity index (χ1v) is 7.93. The van der Waals surface area contributed by atoms with E-state index in [9.17, 15) is 4.79 Å². The van der Waals surface area contributed by atoms with Crippen molar-refractivity contribution in [1.29, 1.82) is 0 Å². The summed E-state index contributed by atoms with van der Waals surface area (Å²) in [6.45, 7) is 8.92. The highest BCUT2D eigenvalue weighted by Crippen LogP contribution is 2.17. The van der Waals surface area contributed by atoms with Crippen molar-refractivity contribution in [2.24, 2.45) is 10.4 Å². The van der Waals surface area contributed by atoms with E-state index >= 15 is 0 Å². The molecule has 0 radical (unpaired) electrons. The van der Waals surface area contributed by atoms with E-state index in [2.05, 4.69) is 27.5 Å². The monoisotopic (exact) mass is 460 g/mol. The Hall–Kier alpha value is -1.77. The van der Waals surface area contributed by atoms with Crippen LogP contribution < -0.4 is 20.7 Å². The molecule has 0 saturated carbocycles. The molecule has 0 aliphatic carbocycles. The predicted octanol–water partition coefficient (Wildman–Crippen LogP) is 2.31. The number of ether oxygens (including phenoxy) is 1. The van der Waals surface area contributed by atoms with Gasteiger partial charge in [-0.25, -0.2) is 0 Å². The molecule has 1 aromatic rings. The standard InChI is InChI=1S/C18H28N4O2.HI/c1-6-11-24-15-10-8-7-9-14(15)12-21-17(20-5)22-13-18(2,3)16(23)19-4;/h6-10H,1,11-13H2,2-5H3,(H,19,23)(H2,20,21,22);1H. The van der Waals surface area contributed by atoms with E-state index in [0.29, 0.717) is 25.7 Å². The largest absolute Gasteiger partial charge is 0.489 e. The molecule has 6 nitrogen and oxygen atoms in total. The van der Waals surface area contributed by atoms with Crippen molar-refractivity contribution >= 4 is 35.8 Å². The van der Waals surface area contributed by atoms with Crippen molar-refractivity contribution in [2.75, 3.05) is 27.2 Å². The van der Waals surface area contributed by atoms with Crippen molar-refractivity contribution in [3.05, 3.63) is 42.5 Å². The maximum absolute atomic E-state index is 11.8. The Morgan fingerprint density at radius 1 is 1.32 bits per heavy atom. The number of nitrogens with one attached hydrogen (secondary N) is 3. The molecular weight excluding hydrogens is 431 g/mol. The van der Waals surface area contributed by atoms with Gasteiger partial charge in [0, 0.05) is 32.7 Å². The average molecular weight is 460 g/mol. The van der Waals surface area contributed by atoms with Crippen LogP contribution in [0.15, 0.2) is 41.9 Å². The number of nitrogens with zero attached hydrogens (tertiary/aromatic N) is 1. The SMILES string of the molecule is C=CCOc1ccccc1CNC(=NC)NCC(C)(C)C(=O)NC.I. The number of rotatable bonds is 8. The third kappa shape index (κ3) is 7.76. The Morgan fingerprint density at radius 2 is 2.00 bits per heavy atom. The van der Waals surface area contributed by atoms with E-state index in [-0.39, 0.29) is 29.9 Å². The van der Waals surface area contributed by atoms with Gasteiger partial charge in [0.05, 0.1) is 5.41 Å². The molecule has 0 saturated heterocycles. The number of aliphatic imine (C=N–C) groups is 1. The van der Waals surface area contributed by atoms with Gasteiger partial charge in [0.25, 0.3) is 0 Å². The molecule has 0 bridgehead atoms. The lowest BCUT2D eigenvalue weighted by molar-refractivity contribution is -0.128. The molecule has 0 atom stereocenters. The van der Waals surface area contributed by atoms with Crippen LogP contribution in [0.4, 0.5) is 0 Å². The van der Waals surface area contributed by atoms with Crippen molar-refractivity contribution < 1.29 is 9.53 Å². The topological polar surface area (TPSA) is 74.8 Å². The zero-order valence-corrected chi connectivity index (χ0v) is 17.7. The number of amides is 1.